The standard InChI is InChI=1S/C19H30N4O2/c1-14(2)19-20-8-3-17(22-19)23-9-4-15(5-10-23)13-18(24)21-16-6-11-25-12-7-16/h3,8,14-16H,4-7,9-13H2,1-2H3,(H,21,24). The third-order valence-corrected chi connectivity index (χ3v) is 5.17. The maximum absolute atomic E-state index is 12.3. The van der Waals surface area contributed by atoms with Crippen LogP contribution in [0, 0.1) is 5.92 Å². The minimum atomic E-state index is 0.203. The van der Waals surface area contributed by atoms with Gasteiger partial charge in [0.15, 0.2) is 0 Å². The molecule has 0 unspecified atom stereocenters. The van der Waals surface area contributed by atoms with Crippen LogP contribution < -0.4 is 10.2 Å². The molecule has 2 aliphatic heterocycles. The van der Waals surface area contributed by atoms with Crippen molar-refractivity contribution in [3.8, 4) is 0 Å². The van der Waals surface area contributed by atoms with Gasteiger partial charge in [0.05, 0.1) is 0 Å². The van der Waals surface area contributed by atoms with Gasteiger partial charge in [-0.05, 0) is 37.7 Å². The fourth-order valence-corrected chi connectivity index (χ4v) is 3.57. The zero-order chi connectivity index (χ0) is 17.6. The third kappa shape index (κ3) is 5.14. The SMILES string of the molecule is CC(C)c1nccc(N2CCC(CC(=O)NC3CCOCC3)CC2)n1. The van der Waals surface area contributed by atoms with Crippen molar-refractivity contribution < 1.29 is 9.53 Å². The molecule has 2 saturated heterocycles. The second-order valence-corrected chi connectivity index (χ2v) is 7.52. The van der Waals surface area contributed by atoms with E-state index in [0.717, 1.165) is 63.6 Å². The summed E-state index contributed by atoms with van der Waals surface area (Å²) in [7, 11) is 0. The van der Waals surface area contributed by atoms with Gasteiger partial charge >= 0.3 is 0 Å². The molecule has 0 bridgehead atoms. The predicted molar refractivity (Wildman–Crippen MR) is 97.7 cm³/mol. The summed E-state index contributed by atoms with van der Waals surface area (Å²) < 4.78 is 5.34. The molecule has 0 saturated carbocycles. The van der Waals surface area contributed by atoms with Crippen LogP contribution in [0.4, 0.5) is 5.82 Å². The molecule has 0 spiro atoms. The summed E-state index contributed by atoms with van der Waals surface area (Å²) in [5, 5.41) is 3.18. The van der Waals surface area contributed by atoms with Gasteiger partial charge in [0.1, 0.15) is 11.6 Å². The number of carbonyl (C=O) groups is 1. The molecule has 3 rings (SSSR count). The zero-order valence-corrected chi connectivity index (χ0v) is 15.4. The Morgan fingerprint density at radius 1 is 1.28 bits per heavy atom. The number of anilines is 1. The lowest BCUT2D eigenvalue weighted by molar-refractivity contribution is -0.123. The molecule has 25 heavy (non-hydrogen) atoms. The number of nitrogens with one attached hydrogen (secondary N) is 1. The van der Waals surface area contributed by atoms with Crippen LogP contribution in [0.2, 0.25) is 0 Å². The van der Waals surface area contributed by atoms with Crippen molar-refractivity contribution >= 4 is 11.7 Å². The van der Waals surface area contributed by atoms with Crippen LogP contribution >= 0.6 is 0 Å². The van der Waals surface area contributed by atoms with Crippen molar-refractivity contribution in [1.82, 2.24) is 15.3 Å². The van der Waals surface area contributed by atoms with Crippen molar-refractivity contribution in [2.24, 2.45) is 5.92 Å². The molecule has 0 atom stereocenters. The van der Waals surface area contributed by atoms with Gasteiger partial charge < -0.3 is 15.0 Å². The van der Waals surface area contributed by atoms with E-state index >= 15 is 0 Å². The first-order chi connectivity index (χ1) is 12.1. The van der Waals surface area contributed by atoms with E-state index in [0.29, 0.717) is 24.3 Å². The number of hydrogen-bond acceptors (Lipinski definition) is 5. The van der Waals surface area contributed by atoms with Gasteiger partial charge in [0.25, 0.3) is 0 Å². The number of amides is 1. The van der Waals surface area contributed by atoms with Crippen LogP contribution in [0.5, 0.6) is 0 Å². The van der Waals surface area contributed by atoms with E-state index in [2.05, 4.69) is 34.0 Å². The quantitative estimate of drug-likeness (QED) is 0.887. The maximum Gasteiger partial charge on any atom is 0.220 e. The lowest BCUT2D eigenvalue weighted by Gasteiger charge is -2.33. The van der Waals surface area contributed by atoms with Gasteiger partial charge in [-0.1, -0.05) is 13.8 Å². The largest absolute Gasteiger partial charge is 0.381 e. The predicted octanol–water partition coefficient (Wildman–Crippen LogP) is 2.50. The normalized spacial score (nSPS) is 20.0. The number of nitrogens with zero attached hydrogens (tertiary/aromatic N) is 3. The summed E-state index contributed by atoms with van der Waals surface area (Å²) in [5.41, 5.74) is 0. The molecular formula is C19H30N4O2. The second kappa shape index (κ2) is 8.61. The minimum absolute atomic E-state index is 0.203. The highest BCUT2D eigenvalue weighted by Gasteiger charge is 2.24. The monoisotopic (exact) mass is 346 g/mol. The molecule has 6 nitrogen and oxygen atoms in total. The van der Waals surface area contributed by atoms with E-state index < -0.39 is 0 Å². The lowest BCUT2D eigenvalue weighted by Crippen LogP contribution is -2.41. The lowest BCUT2D eigenvalue weighted by atomic mass is 9.93. The molecule has 0 aliphatic carbocycles. The van der Waals surface area contributed by atoms with Crippen LogP contribution in [-0.4, -0.2) is 48.2 Å². The van der Waals surface area contributed by atoms with Gasteiger partial charge in [-0.3, -0.25) is 4.79 Å². The highest BCUT2D eigenvalue weighted by atomic mass is 16.5. The molecule has 1 amide bonds. The van der Waals surface area contributed by atoms with E-state index in [9.17, 15) is 4.79 Å². The molecular weight excluding hydrogens is 316 g/mol. The average Bonchev–Trinajstić information content (AvgIpc) is 2.63. The third-order valence-electron chi connectivity index (χ3n) is 5.17. The van der Waals surface area contributed by atoms with Crippen molar-refractivity contribution in [3.05, 3.63) is 18.1 Å². The summed E-state index contributed by atoms with van der Waals surface area (Å²) in [5.74, 6) is 2.93. The Hall–Kier alpha value is -1.69. The van der Waals surface area contributed by atoms with E-state index in [1.165, 1.54) is 0 Å². The van der Waals surface area contributed by atoms with Gasteiger partial charge in [-0.2, -0.15) is 0 Å². The summed E-state index contributed by atoms with van der Waals surface area (Å²) >= 11 is 0. The van der Waals surface area contributed by atoms with Gasteiger partial charge in [0.2, 0.25) is 5.91 Å². The van der Waals surface area contributed by atoms with Crippen LogP contribution in [0.3, 0.4) is 0 Å². The molecule has 1 aromatic rings. The Morgan fingerprint density at radius 3 is 2.68 bits per heavy atom. The Morgan fingerprint density at radius 2 is 2.00 bits per heavy atom. The molecule has 0 radical (unpaired) electrons. The van der Waals surface area contributed by atoms with E-state index in [-0.39, 0.29) is 5.91 Å². The average molecular weight is 346 g/mol. The first-order valence-corrected chi connectivity index (χ1v) is 9.57. The smallest absolute Gasteiger partial charge is 0.220 e. The minimum Gasteiger partial charge on any atom is -0.381 e. The first-order valence-electron chi connectivity index (χ1n) is 9.57. The Bertz CT molecular complexity index is 564. The number of ether oxygens (including phenoxy) is 1. The number of aromatic nitrogens is 2. The van der Waals surface area contributed by atoms with Crippen molar-refractivity contribution in [2.45, 2.75) is 57.9 Å². The molecule has 6 heteroatoms. The summed E-state index contributed by atoms with van der Waals surface area (Å²) in [6, 6.07) is 2.29. The number of rotatable bonds is 5. The highest BCUT2D eigenvalue weighted by Crippen LogP contribution is 2.25. The fraction of sp³-hybridized carbons (Fsp3) is 0.737. The van der Waals surface area contributed by atoms with Crippen molar-refractivity contribution in [2.75, 3.05) is 31.2 Å². The second-order valence-electron chi connectivity index (χ2n) is 7.52. The van der Waals surface area contributed by atoms with Crippen LogP contribution in [0.25, 0.3) is 0 Å². The van der Waals surface area contributed by atoms with E-state index in [4.69, 9.17) is 4.74 Å². The molecule has 1 N–H and O–H groups in total. The fourth-order valence-electron chi connectivity index (χ4n) is 3.57. The first kappa shape index (κ1) is 18.1. The van der Waals surface area contributed by atoms with Gasteiger partial charge in [-0.15, -0.1) is 0 Å². The highest BCUT2D eigenvalue weighted by molar-refractivity contribution is 5.76. The summed E-state index contributed by atoms with van der Waals surface area (Å²) in [4.78, 5) is 23.6. The van der Waals surface area contributed by atoms with Crippen molar-refractivity contribution in [3.63, 3.8) is 0 Å². The van der Waals surface area contributed by atoms with E-state index in [1.807, 2.05) is 12.3 Å². The van der Waals surface area contributed by atoms with Gasteiger partial charge in [0, 0.05) is 50.9 Å². The molecule has 3 heterocycles. The number of piperidine rings is 1. The van der Waals surface area contributed by atoms with Crippen LogP contribution in [-0.2, 0) is 9.53 Å². The number of carbonyl (C=O) groups excluding carboxylic acids is 1. The topological polar surface area (TPSA) is 67.4 Å². The molecule has 2 aliphatic rings. The number of hydrogen-bond donors (Lipinski definition) is 1. The van der Waals surface area contributed by atoms with Crippen LogP contribution in [0.1, 0.15) is 57.7 Å². The molecule has 138 valence electrons. The Balaban J connectivity index is 1.45. The molecule has 1 aromatic heterocycles. The van der Waals surface area contributed by atoms with Crippen LogP contribution in [0.15, 0.2) is 12.3 Å². The Labute approximate surface area is 150 Å². The molecule has 0 aromatic carbocycles. The summed E-state index contributed by atoms with van der Waals surface area (Å²) in [6.07, 6.45) is 6.47. The van der Waals surface area contributed by atoms with Crippen molar-refractivity contribution in [1.29, 1.82) is 0 Å². The zero-order valence-electron chi connectivity index (χ0n) is 15.4. The molecule has 2 fully saturated rings. The Kier molecular flexibility index (Phi) is 6.24. The maximum atomic E-state index is 12.3. The van der Waals surface area contributed by atoms with E-state index in [1.54, 1.807) is 0 Å². The van der Waals surface area contributed by atoms with Gasteiger partial charge in [-0.25, -0.2) is 9.97 Å². The summed E-state index contributed by atoms with van der Waals surface area (Å²) in [6.45, 7) is 7.68.